The predicted octanol–water partition coefficient (Wildman–Crippen LogP) is -0.436. The molecule has 0 aliphatic heterocycles. The zero-order valence-electron chi connectivity index (χ0n) is 9.67. The Labute approximate surface area is 104 Å². The van der Waals surface area contributed by atoms with E-state index in [0.29, 0.717) is 18.3 Å². The number of tetrazole rings is 1. The summed E-state index contributed by atoms with van der Waals surface area (Å²) in [6.45, 7) is 2.65. The van der Waals surface area contributed by atoms with Crippen LogP contribution in [0.15, 0.2) is 5.16 Å². The van der Waals surface area contributed by atoms with Gasteiger partial charge in [0.1, 0.15) is 0 Å². The van der Waals surface area contributed by atoms with Gasteiger partial charge in [-0.3, -0.25) is 4.79 Å². The SMILES string of the molecule is CCNC(CSc1nnnn1C1CC1)C(N)=O. The van der Waals surface area contributed by atoms with Gasteiger partial charge in [-0.15, -0.1) is 5.10 Å². The number of carbonyl (C=O) groups is 1. The number of primary amides is 1. The van der Waals surface area contributed by atoms with E-state index in [2.05, 4.69) is 20.8 Å². The van der Waals surface area contributed by atoms with Crippen molar-refractivity contribution in [3.63, 3.8) is 0 Å². The lowest BCUT2D eigenvalue weighted by atomic mass is 10.3. The number of aromatic nitrogens is 4. The summed E-state index contributed by atoms with van der Waals surface area (Å²) >= 11 is 1.46. The fourth-order valence-electron chi connectivity index (χ4n) is 1.47. The highest BCUT2D eigenvalue weighted by molar-refractivity contribution is 7.99. The minimum atomic E-state index is -0.343. The topological polar surface area (TPSA) is 98.7 Å². The van der Waals surface area contributed by atoms with Crippen LogP contribution >= 0.6 is 11.8 Å². The molecule has 1 aromatic heterocycles. The summed E-state index contributed by atoms with van der Waals surface area (Å²) < 4.78 is 1.83. The van der Waals surface area contributed by atoms with Gasteiger partial charge in [-0.2, -0.15) is 0 Å². The summed E-state index contributed by atoms with van der Waals surface area (Å²) in [6, 6.07) is 0.105. The van der Waals surface area contributed by atoms with Gasteiger partial charge in [0.15, 0.2) is 0 Å². The zero-order valence-corrected chi connectivity index (χ0v) is 10.5. The lowest BCUT2D eigenvalue weighted by molar-refractivity contribution is -0.119. The van der Waals surface area contributed by atoms with E-state index in [1.807, 2.05) is 11.6 Å². The van der Waals surface area contributed by atoms with Crippen molar-refractivity contribution >= 4 is 17.7 Å². The smallest absolute Gasteiger partial charge is 0.235 e. The van der Waals surface area contributed by atoms with Gasteiger partial charge in [-0.1, -0.05) is 18.7 Å². The van der Waals surface area contributed by atoms with Crippen molar-refractivity contribution in [2.45, 2.75) is 37.0 Å². The Hall–Kier alpha value is -1.15. The number of nitrogens with one attached hydrogen (secondary N) is 1. The molecule has 2 rings (SSSR count). The molecule has 1 aromatic rings. The number of thioether (sulfide) groups is 1. The highest BCUT2D eigenvalue weighted by atomic mass is 32.2. The molecule has 0 aromatic carbocycles. The maximum Gasteiger partial charge on any atom is 0.235 e. The van der Waals surface area contributed by atoms with Gasteiger partial charge in [0, 0.05) is 5.75 Å². The largest absolute Gasteiger partial charge is 0.368 e. The summed E-state index contributed by atoms with van der Waals surface area (Å²) in [5, 5.41) is 15.4. The van der Waals surface area contributed by atoms with Crippen molar-refractivity contribution in [1.82, 2.24) is 25.5 Å². The van der Waals surface area contributed by atoms with E-state index in [4.69, 9.17) is 5.73 Å². The third-order valence-corrected chi connectivity index (χ3v) is 3.56. The number of nitrogens with zero attached hydrogens (tertiary/aromatic N) is 4. The molecule has 1 fully saturated rings. The van der Waals surface area contributed by atoms with Crippen LogP contribution in [0.25, 0.3) is 0 Å². The summed E-state index contributed by atoms with van der Waals surface area (Å²) in [5.41, 5.74) is 5.30. The predicted molar refractivity (Wildman–Crippen MR) is 63.5 cm³/mol. The number of likely N-dealkylation sites (N-methyl/N-ethyl adjacent to an activating group) is 1. The number of hydrogen-bond donors (Lipinski definition) is 2. The number of carbonyl (C=O) groups excluding carboxylic acids is 1. The molecular weight excluding hydrogens is 240 g/mol. The Morgan fingerprint density at radius 1 is 1.71 bits per heavy atom. The third kappa shape index (κ3) is 3.16. The van der Waals surface area contributed by atoms with Gasteiger partial charge in [-0.25, -0.2) is 4.68 Å². The molecule has 1 amide bonds. The quantitative estimate of drug-likeness (QED) is 0.642. The summed E-state index contributed by atoms with van der Waals surface area (Å²) in [5.74, 6) is 0.209. The molecule has 8 heteroatoms. The van der Waals surface area contributed by atoms with Gasteiger partial charge < -0.3 is 11.1 Å². The molecule has 17 heavy (non-hydrogen) atoms. The van der Waals surface area contributed by atoms with Crippen LogP contribution in [0.2, 0.25) is 0 Å². The van der Waals surface area contributed by atoms with Gasteiger partial charge in [0.05, 0.1) is 12.1 Å². The molecule has 0 bridgehead atoms. The highest BCUT2D eigenvalue weighted by Crippen LogP contribution is 2.36. The first-order valence-corrected chi connectivity index (χ1v) is 6.64. The van der Waals surface area contributed by atoms with E-state index in [1.165, 1.54) is 11.8 Å². The maximum atomic E-state index is 11.2. The van der Waals surface area contributed by atoms with Crippen LogP contribution in [0.3, 0.4) is 0 Å². The van der Waals surface area contributed by atoms with Crippen LogP contribution in [0.4, 0.5) is 0 Å². The third-order valence-electron chi connectivity index (χ3n) is 2.53. The van der Waals surface area contributed by atoms with Crippen LogP contribution in [0.1, 0.15) is 25.8 Å². The van der Waals surface area contributed by atoms with Crippen LogP contribution < -0.4 is 11.1 Å². The standard InChI is InChI=1S/C9H16N6OS/c1-2-11-7(8(10)16)5-17-9-12-13-14-15(9)6-3-4-6/h6-7,11H,2-5H2,1H3,(H2,10,16). The molecule has 1 aliphatic rings. The van der Waals surface area contributed by atoms with Crippen LogP contribution in [-0.2, 0) is 4.79 Å². The van der Waals surface area contributed by atoms with Crippen molar-refractivity contribution in [2.24, 2.45) is 5.73 Å². The number of amides is 1. The van der Waals surface area contributed by atoms with Crippen molar-refractivity contribution < 1.29 is 4.79 Å². The zero-order chi connectivity index (χ0) is 12.3. The first-order valence-electron chi connectivity index (χ1n) is 5.65. The average Bonchev–Trinajstić information content (AvgIpc) is 3.04. The van der Waals surface area contributed by atoms with Crippen molar-refractivity contribution in [1.29, 1.82) is 0 Å². The van der Waals surface area contributed by atoms with E-state index in [1.54, 1.807) is 0 Å². The molecule has 1 saturated carbocycles. The fourth-order valence-corrected chi connectivity index (χ4v) is 2.48. The minimum absolute atomic E-state index is 0.339. The Morgan fingerprint density at radius 2 is 2.47 bits per heavy atom. The summed E-state index contributed by atoms with van der Waals surface area (Å²) in [7, 11) is 0. The maximum absolute atomic E-state index is 11.2. The van der Waals surface area contributed by atoms with Crippen LogP contribution in [0.5, 0.6) is 0 Å². The van der Waals surface area contributed by atoms with E-state index in [0.717, 1.165) is 18.0 Å². The number of nitrogens with two attached hydrogens (primary N) is 1. The molecule has 0 spiro atoms. The normalized spacial score (nSPS) is 17.0. The van der Waals surface area contributed by atoms with Crippen molar-refractivity contribution in [3.8, 4) is 0 Å². The Balaban J connectivity index is 1.91. The van der Waals surface area contributed by atoms with Crippen LogP contribution in [0, 0.1) is 0 Å². The van der Waals surface area contributed by atoms with Gasteiger partial charge in [0.25, 0.3) is 0 Å². The van der Waals surface area contributed by atoms with Crippen molar-refractivity contribution in [3.05, 3.63) is 0 Å². The van der Waals surface area contributed by atoms with Gasteiger partial charge >= 0.3 is 0 Å². The average molecular weight is 256 g/mol. The second-order valence-corrected chi connectivity index (χ2v) is 4.95. The Kier molecular flexibility index (Phi) is 3.95. The van der Waals surface area contributed by atoms with Gasteiger partial charge in [-0.05, 0) is 29.8 Å². The molecule has 7 nitrogen and oxygen atoms in total. The monoisotopic (exact) mass is 256 g/mol. The molecule has 1 atom stereocenters. The summed E-state index contributed by atoms with van der Waals surface area (Å²) in [6.07, 6.45) is 2.26. The first kappa shape index (κ1) is 12.3. The molecule has 0 radical (unpaired) electrons. The lowest BCUT2D eigenvalue weighted by Gasteiger charge is -2.12. The molecule has 1 aliphatic carbocycles. The highest BCUT2D eigenvalue weighted by Gasteiger charge is 2.28. The van der Waals surface area contributed by atoms with E-state index < -0.39 is 0 Å². The molecule has 1 unspecified atom stereocenters. The number of rotatable bonds is 7. The molecular formula is C9H16N6OS. The van der Waals surface area contributed by atoms with Crippen molar-refractivity contribution in [2.75, 3.05) is 12.3 Å². The summed E-state index contributed by atoms with van der Waals surface area (Å²) in [4.78, 5) is 11.2. The van der Waals surface area contributed by atoms with Gasteiger partial charge in [0.2, 0.25) is 11.1 Å². The Bertz CT molecular complexity index is 391. The van der Waals surface area contributed by atoms with E-state index in [-0.39, 0.29) is 11.9 Å². The lowest BCUT2D eigenvalue weighted by Crippen LogP contribution is -2.43. The minimum Gasteiger partial charge on any atom is -0.368 e. The van der Waals surface area contributed by atoms with E-state index in [9.17, 15) is 4.79 Å². The van der Waals surface area contributed by atoms with Crippen LogP contribution in [-0.4, -0.2) is 44.5 Å². The fraction of sp³-hybridized carbons (Fsp3) is 0.778. The second-order valence-electron chi connectivity index (χ2n) is 3.96. The number of hydrogen-bond acceptors (Lipinski definition) is 6. The second kappa shape index (κ2) is 5.46. The Morgan fingerprint density at radius 3 is 3.06 bits per heavy atom. The molecule has 1 heterocycles. The molecule has 0 saturated heterocycles. The molecule has 3 N–H and O–H groups in total. The first-order chi connectivity index (χ1) is 8.22. The molecule has 94 valence electrons. The van der Waals surface area contributed by atoms with E-state index >= 15 is 0 Å².